The van der Waals surface area contributed by atoms with Crippen LogP contribution >= 0.6 is 11.8 Å². The van der Waals surface area contributed by atoms with Crippen LogP contribution in [0.5, 0.6) is 0 Å². The lowest BCUT2D eigenvalue weighted by atomic mass is 10.3. The summed E-state index contributed by atoms with van der Waals surface area (Å²) in [6.07, 6.45) is -4.50. The number of carbonyl (C=O) groups excluding carboxylic acids is 1. The van der Waals surface area contributed by atoms with Gasteiger partial charge in [-0.2, -0.15) is 13.2 Å². The molecule has 0 aliphatic rings. The smallest absolute Gasteiger partial charge is 0.326 e. The van der Waals surface area contributed by atoms with Crippen LogP contribution in [-0.2, 0) is 14.8 Å². The molecule has 2 aromatic rings. The predicted octanol–water partition coefficient (Wildman–Crippen LogP) is 3.79. The Balaban J connectivity index is 1.84. The molecular formula is C17H16F4N2O3S2. The van der Waals surface area contributed by atoms with Crippen LogP contribution in [0.25, 0.3) is 0 Å². The van der Waals surface area contributed by atoms with Gasteiger partial charge in [0.2, 0.25) is 15.9 Å². The first-order chi connectivity index (χ1) is 13.0. The highest BCUT2D eigenvalue weighted by Crippen LogP contribution is 2.20. The van der Waals surface area contributed by atoms with E-state index in [9.17, 15) is 30.8 Å². The molecule has 0 spiro atoms. The first-order valence-corrected chi connectivity index (χ1v) is 10.4. The number of thioether (sulfide) groups is 1. The zero-order valence-electron chi connectivity index (χ0n) is 14.3. The SMILES string of the molecule is O=C(CCSc1ccc(F)cc1)Nc1ccc(S(=O)(=O)NCC(F)(F)F)cc1. The molecule has 11 heteroatoms. The number of benzene rings is 2. The monoisotopic (exact) mass is 436 g/mol. The summed E-state index contributed by atoms with van der Waals surface area (Å²) in [5.74, 6) is -0.216. The van der Waals surface area contributed by atoms with Crippen LogP contribution < -0.4 is 10.0 Å². The molecule has 5 nitrogen and oxygen atoms in total. The van der Waals surface area contributed by atoms with E-state index in [2.05, 4.69) is 5.32 Å². The summed E-state index contributed by atoms with van der Waals surface area (Å²) >= 11 is 1.37. The molecule has 2 rings (SSSR count). The summed E-state index contributed by atoms with van der Waals surface area (Å²) < 4.78 is 74.3. The lowest BCUT2D eigenvalue weighted by molar-refractivity contribution is -0.121. The molecule has 0 aromatic heterocycles. The molecule has 0 saturated heterocycles. The van der Waals surface area contributed by atoms with E-state index in [0.717, 1.165) is 17.0 Å². The third-order valence-corrected chi connectivity index (χ3v) is 5.75. The van der Waals surface area contributed by atoms with Crippen molar-refractivity contribution in [2.24, 2.45) is 0 Å². The van der Waals surface area contributed by atoms with Crippen LogP contribution in [0.4, 0.5) is 23.2 Å². The Morgan fingerprint density at radius 1 is 1.00 bits per heavy atom. The maximum absolute atomic E-state index is 12.8. The summed E-state index contributed by atoms with van der Waals surface area (Å²) in [6.45, 7) is -1.67. The number of halogens is 4. The van der Waals surface area contributed by atoms with Crippen molar-refractivity contribution in [3.8, 4) is 0 Å². The second-order valence-corrected chi connectivity index (χ2v) is 8.50. The van der Waals surface area contributed by atoms with Crippen molar-refractivity contribution in [1.29, 1.82) is 0 Å². The maximum atomic E-state index is 12.8. The normalized spacial score (nSPS) is 12.0. The number of nitrogens with one attached hydrogen (secondary N) is 2. The summed E-state index contributed by atoms with van der Waals surface area (Å²) in [5, 5.41) is 2.56. The predicted molar refractivity (Wildman–Crippen MR) is 98.1 cm³/mol. The molecule has 0 unspecified atom stereocenters. The standard InChI is InChI=1S/C17H16F4N2O3S2/c18-12-1-5-14(6-2-12)27-10-9-16(24)23-13-3-7-15(8-4-13)28(25,26)22-11-17(19,20)21/h1-8,22H,9-11H2,(H,23,24). The molecule has 2 aromatic carbocycles. The number of alkyl halides is 3. The van der Waals surface area contributed by atoms with E-state index in [1.807, 2.05) is 0 Å². The topological polar surface area (TPSA) is 75.3 Å². The molecule has 0 aliphatic heterocycles. The Morgan fingerprint density at radius 2 is 1.61 bits per heavy atom. The Hall–Kier alpha value is -2.11. The quantitative estimate of drug-likeness (QED) is 0.488. The number of sulfonamides is 1. The molecule has 1 amide bonds. The fraction of sp³-hybridized carbons (Fsp3) is 0.235. The van der Waals surface area contributed by atoms with Gasteiger partial charge in [0.05, 0.1) is 4.90 Å². The number of hydrogen-bond acceptors (Lipinski definition) is 4. The third kappa shape index (κ3) is 7.49. The summed E-state index contributed by atoms with van der Waals surface area (Å²) in [4.78, 5) is 12.4. The van der Waals surface area contributed by atoms with E-state index >= 15 is 0 Å². The van der Waals surface area contributed by atoms with Crippen LogP contribution in [0, 0.1) is 5.82 Å². The molecule has 0 radical (unpaired) electrons. The van der Waals surface area contributed by atoms with Gasteiger partial charge in [-0.3, -0.25) is 4.79 Å². The van der Waals surface area contributed by atoms with Gasteiger partial charge in [-0.15, -0.1) is 11.8 Å². The molecular weight excluding hydrogens is 420 g/mol. The Labute approximate surface area is 163 Å². The summed E-state index contributed by atoms with van der Waals surface area (Å²) in [5.41, 5.74) is 0.312. The Morgan fingerprint density at radius 3 is 2.18 bits per heavy atom. The minimum absolute atomic E-state index is 0.162. The van der Waals surface area contributed by atoms with Crippen molar-refractivity contribution in [1.82, 2.24) is 4.72 Å². The highest BCUT2D eigenvalue weighted by molar-refractivity contribution is 7.99. The van der Waals surface area contributed by atoms with E-state index in [4.69, 9.17) is 0 Å². The number of rotatable bonds is 8. The lowest BCUT2D eigenvalue weighted by Crippen LogP contribution is -2.33. The van der Waals surface area contributed by atoms with Gasteiger partial charge >= 0.3 is 6.18 Å². The Bertz CT molecular complexity index is 899. The molecule has 0 atom stereocenters. The summed E-state index contributed by atoms with van der Waals surface area (Å²) in [6, 6.07) is 10.6. The van der Waals surface area contributed by atoms with Crippen molar-refractivity contribution >= 4 is 33.4 Å². The van der Waals surface area contributed by atoms with Gasteiger partial charge in [-0.05, 0) is 48.5 Å². The molecule has 0 aliphatic carbocycles. The fourth-order valence-electron chi connectivity index (χ4n) is 1.99. The molecule has 0 saturated carbocycles. The minimum atomic E-state index is -4.66. The zero-order chi connectivity index (χ0) is 20.8. The fourth-order valence-corrected chi connectivity index (χ4v) is 3.86. The van der Waals surface area contributed by atoms with E-state index in [1.165, 1.54) is 40.7 Å². The molecule has 2 N–H and O–H groups in total. The second-order valence-electron chi connectivity index (χ2n) is 5.56. The minimum Gasteiger partial charge on any atom is -0.326 e. The molecule has 152 valence electrons. The summed E-state index contributed by atoms with van der Waals surface area (Å²) in [7, 11) is -4.30. The van der Waals surface area contributed by atoms with E-state index in [1.54, 1.807) is 12.1 Å². The van der Waals surface area contributed by atoms with Crippen LogP contribution in [0.15, 0.2) is 58.3 Å². The van der Waals surface area contributed by atoms with Crippen LogP contribution in [-0.4, -0.2) is 32.8 Å². The van der Waals surface area contributed by atoms with E-state index in [-0.39, 0.29) is 23.0 Å². The van der Waals surface area contributed by atoms with Gasteiger partial charge in [-0.1, -0.05) is 0 Å². The Kier molecular flexibility index (Phi) is 7.44. The van der Waals surface area contributed by atoms with Crippen molar-refractivity contribution in [2.45, 2.75) is 22.4 Å². The van der Waals surface area contributed by atoms with E-state index in [0.29, 0.717) is 11.4 Å². The van der Waals surface area contributed by atoms with Crippen molar-refractivity contribution in [2.75, 3.05) is 17.6 Å². The van der Waals surface area contributed by atoms with Gasteiger partial charge in [0.15, 0.2) is 0 Å². The van der Waals surface area contributed by atoms with Gasteiger partial charge in [0.25, 0.3) is 0 Å². The van der Waals surface area contributed by atoms with Crippen LogP contribution in [0.1, 0.15) is 6.42 Å². The third-order valence-electron chi connectivity index (χ3n) is 3.32. The first kappa shape index (κ1) is 22.2. The molecule has 0 bridgehead atoms. The first-order valence-electron chi connectivity index (χ1n) is 7.90. The van der Waals surface area contributed by atoms with Crippen molar-refractivity contribution in [3.63, 3.8) is 0 Å². The number of carbonyl (C=O) groups is 1. The average molecular weight is 436 g/mol. The van der Waals surface area contributed by atoms with Gasteiger partial charge in [-0.25, -0.2) is 17.5 Å². The highest BCUT2D eigenvalue weighted by Gasteiger charge is 2.30. The van der Waals surface area contributed by atoms with Crippen LogP contribution in [0.2, 0.25) is 0 Å². The van der Waals surface area contributed by atoms with Crippen molar-refractivity contribution in [3.05, 3.63) is 54.3 Å². The van der Waals surface area contributed by atoms with Gasteiger partial charge in [0.1, 0.15) is 12.4 Å². The lowest BCUT2D eigenvalue weighted by Gasteiger charge is -2.10. The molecule has 0 fully saturated rings. The van der Waals surface area contributed by atoms with Gasteiger partial charge < -0.3 is 5.32 Å². The van der Waals surface area contributed by atoms with Crippen molar-refractivity contribution < 1.29 is 30.8 Å². The maximum Gasteiger partial charge on any atom is 0.402 e. The number of hydrogen-bond donors (Lipinski definition) is 2. The van der Waals surface area contributed by atoms with Gasteiger partial charge in [0, 0.05) is 22.8 Å². The molecule has 28 heavy (non-hydrogen) atoms. The number of anilines is 1. The largest absolute Gasteiger partial charge is 0.402 e. The molecule has 0 heterocycles. The second kappa shape index (κ2) is 9.39. The zero-order valence-corrected chi connectivity index (χ0v) is 15.9. The van der Waals surface area contributed by atoms with Crippen LogP contribution in [0.3, 0.4) is 0 Å². The van der Waals surface area contributed by atoms with E-state index < -0.39 is 22.7 Å². The average Bonchev–Trinajstić information content (AvgIpc) is 2.62. The highest BCUT2D eigenvalue weighted by atomic mass is 32.2. The number of amides is 1.